The molecule has 0 bridgehead atoms. The first kappa shape index (κ1) is 25.5. The minimum Gasteiger partial charge on any atom is -0.454 e. The van der Waals surface area contributed by atoms with Crippen molar-refractivity contribution in [2.45, 2.75) is 64.5 Å². The summed E-state index contributed by atoms with van der Waals surface area (Å²) < 4.78 is 17.3. The van der Waals surface area contributed by atoms with Crippen molar-refractivity contribution < 1.29 is 19.0 Å². The minimum atomic E-state index is 0.206. The molecule has 0 spiro atoms. The average molecular weight is 481 g/mol. The van der Waals surface area contributed by atoms with Gasteiger partial charge in [0.25, 0.3) is 0 Å². The Morgan fingerprint density at radius 2 is 1.77 bits per heavy atom. The van der Waals surface area contributed by atoms with E-state index in [1.54, 1.807) is 0 Å². The Hall–Kier alpha value is -2.57. The second-order valence-corrected chi connectivity index (χ2v) is 9.72. The van der Waals surface area contributed by atoms with Crippen molar-refractivity contribution in [1.29, 1.82) is 0 Å². The maximum Gasteiger partial charge on any atom is 0.236 e. The van der Waals surface area contributed by atoms with Crippen LogP contribution in [0.2, 0.25) is 0 Å². The van der Waals surface area contributed by atoms with E-state index in [0.717, 1.165) is 63.2 Å². The maximum atomic E-state index is 13.4. The fourth-order valence-electron chi connectivity index (χ4n) is 4.98. The molecule has 2 aromatic carbocycles. The summed E-state index contributed by atoms with van der Waals surface area (Å²) in [7, 11) is 0. The number of carbonyl (C=O) groups excluding carboxylic acids is 1. The van der Waals surface area contributed by atoms with Gasteiger partial charge in [0.15, 0.2) is 11.5 Å². The van der Waals surface area contributed by atoms with Gasteiger partial charge in [0, 0.05) is 25.7 Å². The third kappa shape index (κ3) is 6.98. The number of carbonyl (C=O) groups is 1. The van der Waals surface area contributed by atoms with Gasteiger partial charge in [-0.2, -0.15) is 0 Å². The summed E-state index contributed by atoms with van der Waals surface area (Å²) in [6.45, 7) is 8.85. The van der Waals surface area contributed by atoms with Crippen LogP contribution in [0.1, 0.15) is 63.0 Å². The number of amides is 1. The largest absolute Gasteiger partial charge is 0.454 e. The normalized spacial score (nSPS) is 19.3. The molecule has 6 nitrogen and oxygen atoms in total. The number of nitrogens with zero attached hydrogens (tertiary/aromatic N) is 2. The highest BCUT2D eigenvalue weighted by Gasteiger charge is 2.35. The lowest BCUT2D eigenvalue weighted by Gasteiger charge is -2.28. The van der Waals surface area contributed by atoms with Gasteiger partial charge >= 0.3 is 0 Å². The fourth-order valence-corrected chi connectivity index (χ4v) is 4.98. The molecule has 0 aliphatic carbocycles. The average Bonchev–Trinajstić information content (AvgIpc) is 3.51. The number of unbranched alkanes of at least 4 members (excludes halogenated alkanes) is 2. The monoisotopic (exact) mass is 480 g/mol. The van der Waals surface area contributed by atoms with Crippen molar-refractivity contribution in [2.24, 2.45) is 0 Å². The molecular formula is C29H40N2O4. The molecule has 2 aliphatic rings. The summed E-state index contributed by atoms with van der Waals surface area (Å²) in [5.41, 5.74) is 2.41. The fraction of sp³-hybridized carbons (Fsp3) is 0.552. The van der Waals surface area contributed by atoms with Gasteiger partial charge in [-0.15, -0.1) is 0 Å². The van der Waals surface area contributed by atoms with Gasteiger partial charge in [0.1, 0.15) is 0 Å². The van der Waals surface area contributed by atoms with Crippen molar-refractivity contribution in [1.82, 2.24) is 9.80 Å². The van der Waals surface area contributed by atoms with Crippen molar-refractivity contribution in [3.05, 3.63) is 59.7 Å². The van der Waals surface area contributed by atoms with Crippen molar-refractivity contribution >= 4 is 5.91 Å². The maximum absolute atomic E-state index is 13.4. The van der Waals surface area contributed by atoms with Crippen LogP contribution in [0.4, 0.5) is 0 Å². The molecule has 6 heteroatoms. The molecule has 0 aromatic heterocycles. The molecule has 0 radical (unpaired) electrons. The smallest absolute Gasteiger partial charge is 0.236 e. The van der Waals surface area contributed by atoms with E-state index >= 15 is 0 Å². The first-order valence-corrected chi connectivity index (χ1v) is 13.2. The first-order valence-electron chi connectivity index (χ1n) is 13.2. The summed E-state index contributed by atoms with van der Waals surface area (Å²) in [5.74, 6) is 2.21. The minimum absolute atomic E-state index is 0.206. The lowest BCUT2D eigenvalue weighted by molar-refractivity contribution is -0.133. The van der Waals surface area contributed by atoms with Crippen LogP contribution in [0.3, 0.4) is 0 Å². The highest BCUT2D eigenvalue weighted by atomic mass is 16.7. The SMILES string of the molecule is CCCCN(CCCC)C(=O)CN1C[C@@H](c2ccc3c(c2)OCO3)C[C@@H]1COCc1ccccc1. The number of rotatable bonds is 13. The zero-order valence-electron chi connectivity index (χ0n) is 21.3. The van der Waals surface area contributed by atoms with Crippen LogP contribution in [0, 0.1) is 0 Å². The summed E-state index contributed by atoms with van der Waals surface area (Å²) in [6.07, 6.45) is 5.27. The zero-order chi connectivity index (χ0) is 24.5. The molecule has 1 saturated heterocycles. The van der Waals surface area contributed by atoms with E-state index in [9.17, 15) is 4.79 Å². The van der Waals surface area contributed by atoms with Gasteiger partial charge in [-0.1, -0.05) is 63.1 Å². The third-order valence-corrected chi connectivity index (χ3v) is 7.07. The Labute approximate surface area is 210 Å². The van der Waals surface area contributed by atoms with Crippen LogP contribution in [-0.2, 0) is 16.1 Å². The Kier molecular flexibility index (Phi) is 9.43. The predicted octanol–water partition coefficient (Wildman–Crippen LogP) is 5.22. The summed E-state index contributed by atoms with van der Waals surface area (Å²) in [6, 6.07) is 16.7. The second kappa shape index (κ2) is 12.9. The molecule has 1 fully saturated rings. The first-order chi connectivity index (χ1) is 17.2. The summed E-state index contributed by atoms with van der Waals surface area (Å²) in [5, 5.41) is 0. The van der Waals surface area contributed by atoms with Gasteiger partial charge in [0.2, 0.25) is 12.7 Å². The molecule has 2 aliphatic heterocycles. The number of fused-ring (bicyclic) bond motifs is 1. The van der Waals surface area contributed by atoms with Gasteiger partial charge in [-0.05, 0) is 48.4 Å². The van der Waals surface area contributed by atoms with Gasteiger partial charge in [-0.25, -0.2) is 0 Å². The van der Waals surface area contributed by atoms with E-state index in [0.29, 0.717) is 25.7 Å². The van der Waals surface area contributed by atoms with Gasteiger partial charge < -0.3 is 19.1 Å². The third-order valence-electron chi connectivity index (χ3n) is 7.07. The Morgan fingerprint density at radius 3 is 2.51 bits per heavy atom. The van der Waals surface area contributed by atoms with E-state index in [1.165, 1.54) is 11.1 Å². The lowest BCUT2D eigenvalue weighted by Crippen LogP contribution is -2.44. The van der Waals surface area contributed by atoms with E-state index in [-0.39, 0.29) is 18.7 Å². The standard InChI is InChI=1S/C29H40N2O4/c1-3-5-14-30(15-6-4-2)29(32)19-31-18-25(24-12-13-27-28(17-24)35-22-34-27)16-26(31)21-33-20-23-10-8-7-9-11-23/h7-13,17,25-26H,3-6,14-16,18-22H2,1-2H3/t25-,26+/m0/s1. The van der Waals surface area contributed by atoms with E-state index in [2.05, 4.69) is 47.9 Å². The highest BCUT2D eigenvalue weighted by Crippen LogP contribution is 2.38. The molecule has 4 rings (SSSR count). The number of benzene rings is 2. The number of hydrogen-bond donors (Lipinski definition) is 0. The molecule has 0 unspecified atom stereocenters. The van der Waals surface area contributed by atoms with Crippen molar-refractivity contribution in [3.8, 4) is 11.5 Å². The van der Waals surface area contributed by atoms with Crippen LogP contribution >= 0.6 is 0 Å². The molecule has 2 aromatic rings. The van der Waals surface area contributed by atoms with Gasteiger partial charge in [0.05, 0.1) is 19.8 Å². The van der Waals surface area contributed by atoms with Crippen molar-refractivity contribution in [3.63, 3.8) is 0 Å². The quantitative estimate of drug-likeness (QED) is 0.394. The number of hydrogen-bond acceptors (Lipinski definition) is 5. The summed E-state index contributed by atoms with van der Waals surface area (Å²) >= 11 is 0. The molecule has 0 N–H and O–H groups in total. The summed E-state index contributed by atoms with van der Waals surface area (Å²) in [4.78, 5) is 17.8. The van der Waals surface area contributed by atoms with Crippen LogP contribution in [0.15, 0.2) is 48.5 Å². The van der Waals surface area contributed by atoms with Crippen LogP contribution < -0.4 is 9.47 Å². The van der Waals surface area contributed by atoms with Crippen molar-refractivity contribution in [2.75, 3.05) is 39.6 Å². The Bertz CT molecular complexity index is 928. The molecule has 1 amide bonds. The Morgan fingerprint density at radius 1 is 1.03 bits per heavy atom. The number of likely N-dealkylation sites (tertiary alicyclic amines) is 1. The topological polar surface area (TPSA) is 51.2 Å². The Balaban J connectivity index is 1.43. The molecule has 190 valence electrons. The van der Waals surface area contributed by atoms with E-state index < -0.39 is 0 Å². The lowest BCUT2D eigenvalue weighted by atomic mass is 9.96. The molecule has 0 saturated carbocycles. The van der Waals surface area contributed by atoms with Gasteiger partial charge in [-0.3, -0.25) is 9.69 Å². The molecular weight excluding hydrogens is 440 g/mol. The zero-order valence-corrected chi connectivity index (χ0v) is 21.3. The predicted molar refractivity (Wildman–Crippen MR) is 138 cm³/mol. The number of ether oxygens (including phenoxy) is 3. The molecule has 2 heterocycles. The van der Waals surface area contributed by atoms with Crippen LogP contribution in [0.5, 0.6) is 11.5 Å². The van der Waals surface area contributed by atoms with E-state index in [4.69, 9.17) is 14.2 Å². The van der Waals surface area contributed by atoms with E-state index in [1.807, 2.05) is 24.3 Å². The molecule has 35 heavy (non-hydrogen) atoms. The van der Waals surface area contributed by atoms with Crippen LogP contribution in [-0.4, -0.2) is 61.3 Å². The highest BCUT2D eigenvalue weighted by molar-refractivity contribution is 5.78. The second-order valence-electron chi connectivity index (χ2n) is 9.72. The van der Waals surface area contributed by atoms with Crippen LogP contribution in [0.25, 0.3) is 0 Å². The molecule has 2 atom stereocenters.